The molecule has 1 aromatic carbocycles. The fraction of sp³-hybridized carbons (Fsp3) is 0.312. The number of terminal acetylenes is 1. The summed E-state index contributed by atoms with van der Waals surface area (Å²) in [4.78, 5) is 12.9. The quantitative estimate of drug-likeness (QED) is 0.767. The third kappa shape index (κ3) is 3.88. The molecule has 1 aliphatic heterocycles. The third-order valence-electron chi connectivity index (χ3n) is 3.43. The normalized spacial score (nSPS) is 19.0. The molecule has 1 amide bonds. The number of benzene rings is 1. The van der Waals surface area contributed by atoms with E-state index in [9.17, 15) is 18.0 Å². The summed E-state index contributed by atoms with van der Waals surface area (Å²) in [6, 6.07) is 4.97. The highest BCUT2D eigenvalue weighted by molar-refractivity contribution is 5.93. The molecule has 1 aromatic rings. The number of amides is 1. The first-order valence-electron chi connectivity index (χ1n) is 6.51. The van der Waals surface area contributed by atoms with Crippen molar-refractivity contribution in [2.75, 3.05) is 13.1 Å². The molecule has 0 saturated carbocycles. The van der Waals surface area contributed by atoms with Crippen molar-refractivity contribution in [3.05, 3.63) is 41.5 Å². The summed E-state index contributed by atoms with van der Waals surface area (Å²) in [5.41, 5.74) is 0.0380. The molecule has 1 aliphatic rings. The van der Waals surface area contributed by atoms with Gasteiger partial charge in [-0.2, -0.15) is 13.2 Å². The van der Waals surface area contributed by atoms with Gasteiger partial charge in [0.1, 0.15) is 0 Å². The van der Waals surface area contributed by atoms with Gasteiger partial charge in [-0.3, -0.25) is 4.79 Å². The summed E-state index contributed by atoms with van der Waals surface area (Å²) in [5.74, 6) is 1.94. The smallest absolute Gasteiger partial charge is 0.331 e. The van der Waals surface area contributed by atoms with Gasteiger partial charge in [0.15, 0.2) is 0 Å². The summed E-state index contributed by atoms with van der Waals surface area (Å²) in [6.07, 6.45) is 5.24. The molecule has 0 bridgehead atoms. The Morgan fingerprint density at radius 2 is 2.00 bits per heavy atom. The Kier molecular flexibility index (Phi) is 4.37. The fourth-order valence-corrected chi connectivity index (χ4v) is 2.25. The molecular formula is C16H14F3NO. The maximum atomic E-state index is 12.4. The summed E-state index contributed by atoms with van der Waals surface area (Å²) in [6.45, 7) is 1.17. The first-order valence-corrected chi connectivity index (χ1v) is 6.51. The third-order valence-corrected chi connectivity index (χ3v) is 3.43. The highest BCUT2D eigenvalue weighted by Gasteiger charge is 2.29. The van der Waals surface area contributed by atoms with Crippen molar-refractivity contribution in [2.24, 2.45) is 5.92 Å². The van der Waals surface area contributed by atoms with Gasteiger partial charge in [-0.25, -0.2) is 0 Å². The Morgan fingerprint density at radius 3 is 2.57 bits per heavy atom. The molecule has 5 heteroatoms. The summed E-state index contributed by atoms with van der Waals surface area (Å²) in [5, 5.41) is 0. The van der Waals surface area contributed by atoms with Gasteiger partial charge in [0.05, 0.1) is 5.56 Å². The van der Waals surface area contributed by atoms with E-state index in [4.69, 9.17) is 6.42 Å². The SMILES string of the molecule is C#CC(=O)N1CC[C@H](/C=C/c2ccc(C(F)(F)F)cc2)C1. The maximum absolute atomic E-state index is 12.4. The van der Waals surface area contributed by atoms with Crippen molar-refractivity contribution in [3.63, 3.8) is 0 Å². The minimum absolute atomic E-state index is 0.185. The van der Waals surface area contributed by atoms with E-state index in [-0.39, 0.29) is 11.8 Å². The van der Waals surface area contributed by atoms with Crippen molar-refractivity contribution >= 4 is 12.0 Å². The lowest BCUT2D eigenvalue weighted by atomic mass is 10.1. The van der Waals surface area contributed by atoms with Crippen LogP contribution in [0.1, 0.15) is 17.5 Å². The maximum Gasteiger partial charge on any atom is 0.416 e. The lowest BCUT2D eigenvalue weighted by Gasteiger charge is -2.11. The monoisotopic (exact) mass is 293 g/mol. The molecule has 1 atom stereocenters. The average molecular weight is 293 g/mol. The summed E-state index contributed by atoms with van der Waals surface area (Å²) in [7, 11) is 0. The van der Waals surface area contributed by atoms with Crippen LogP contribution in [0.2, 0.25) is 0 Å². The van der Waals surface area contributed by atoms with Gasteiger partial charge < -0.3 is 4.90 Å². The number of hydrogen-bond acceptors (Lipinski definition) is 1. The molecule has 0 radical (unpaired) electrons. The zero-order valence-corrected chi connectivity index (χ0v) is 11.2. The van der Waals surface area contributed by atoms with Crippen LogP contribution < -0.4 is 0 Å². The zero-order chi connectivity index (χ0) is 15.5. The Labute approximate surface area is 121 Å². The minimum Gasteiger partial charge on any atom is -0.331 e. The van der Waals surface area contributed by atoms with E-state index >= 15 is 0 Å². The molecule has 2 rings (SSSR count). The highest BCUT2D eigenvalue weighted by Crippen LogP contribution is 2.29. The number of rotatable bonds is 2. The van der Waals surface area contributed by atoms with E-state index in [1.54, 1.807) is 11.0 Å². The van der Waals surface area contributed by atoms with Gasteiger partial charge in [0.25, 0.3) is 5.91 Å². The van der Waals surface area contributed by atoms with Crippen LogP contribution >= 0.6 is 0 Å². The van der Waals surface area contributed by atoms with Gasteiger partial charge in [0.2, 0.25) is 0 Å². The Bertz CT molecular complexity index is 581. The topological polar surface area (TPSA) is 20.3 Å². The van der Waals surface area contributed by atoms with Crippen LogP contribution in [0.3, 0.4) is 0 Å². The number of alkyl halides is 3. The molecule has 21 heavy (non-hydrogen) atoms. The lowest BCUT2D eigenvalue weighted by molar-refractivity contribution is -0.137. The van der Waals surface area contributed by atoms with Gasteiger partial charge in [-0.1, -0.05) is 24.3 Å². The van der Waals surface area contributed by atoms with Gasteiger partial charge >= 0.3 is 6.18 Å². The molecule has 2 nitrogen and oxygen atoms in total. The molecular weight excluding hydrogens is 279 g/mol. The number of halogens is 3. The van der Waals surface area contributed by atoms with E-state index in [0.717, 1.165) is 18.6 Å². The molecule has 110 valence electrons. The van der Waals surface area contributed by atoms with E-state index in [0.29, 0.717) is 18.7 Å². The van der Waals surface area contributed by atoms with Crippen LogP contribution in [-0.2, 0) is 11.0 Å². The first kappa shape index (κ1) is 15.2. The van der Waals surface area contributed by atoms with E-state index in [1.807, 2.05) is 6.08 Å². The number of nitrogens with zero attached hydrogens (tertiary/aromatic N) is 1. The van der Waals surface area contributed by atoms with Crippen molar-refractivity contribution in [3.8, 4) is 12.3 Å². The van der Waals surface area contributed by atoms with E-state index in [1.165, 1.54) is 12.1 Å². The second-order valence-corrected chi connectivity index (χ2v) is 4.92. The standard InChI is InChI=1S/C16H14F3NO/c1-2-15(21)20-10-9-13(11-20)4-3-12-5-7-14(8-6-12)16(17,18)19/h1,3-8,13H,9-11H2/b4-3+/t13-/m0/s1. The van der Waals surface area contributed by atoms with Gasteiger partial charge in [-0.15, -0.1) is 6.42 Å². The number of carbonyl (C=O) groups excluding carboxylic acids is 1. The van der Waals surface area contributed by atoms with Crippen molar-refractivity contribution in [1.29, 1.82) is 0 Å². The molecule has 0 unspecified atom stereocenters. The highest BCUT2D eigenvalue weighted by atomic mass is 19.4. The number of likely N-dealkylation sites (tertiary alicyclic amines) is 1. The first-order chi connectivity index (χ1) is 9.90. The van der Waals surface area contributed by atoms with Crippen LogP contribution in [-0.4, -0.2) is 23.9 Å². The fourth-order valence-electron chi connectivity index (χ4n) is 2.25. The van der Waals surface area contributed by atoms with Crippen LogP contribution in [0, 0.1) is 18.3 Å². The van der Waals surface area contributed by atoms with Crippen LogP contribution in [0.4, 0.5) is 13.2 Å². The predicted octanol–water partition coefficient (Wildman–Crippen LogP) is 3.20. The van der Waals surface area contributed by atoms with E-state index < -0.39 is 11.7 Å². The molecule has 0 spiro atoms. The summed E-state index contributed by atoms with van der Waals surface area (Å²) >= 11 is 0. The molecule has 1 fully saturated rings. The van der Waals surface area contributed by atoms with Crippen LogP contribution in [0.15, 0.2) is 30.3 Å². The molecule has 0 aliphatic carbocycles. The second-order valence-electron chi connectivity index (χ2n) is 4.92. The van der Waals surface area contributed by atoms with Crippen molar-refractivity contribution < 1.29 is 18.0 Å². The van der Waals surface area contributed by atoms with Crippen molar-refractivity contribution in [2.45, 2.75) is 12.6 Å². The Hall–Kier alpha value is -2.22. The van der Waals surface area contributed by atoms with Crippen molar-refractivity contribution in [1.82, 2.24) is 4.90 Å². The number of carbonyl (C=O) groups is 1. The van der Waals surface area contributed by atoms with Gasteiger partial charge in [0, 0.05) is 13.1 Å². The van der Waals surface area contributed by atoms with E-state index in [2.05, 4.69) is 5.92 Å². The zero-order valence-electron chi connectivity index (χ0n) is 11.2. The summed E-state index contributed by atoms with van der Waals surface area (Å²) < 4.78 is 37.3. The molecule has 1 heterocycles. The average Bonchev–Trinajstić information content (AvgIpc) is 2.92. The minimum atomic E-state index is -4.32. The molecule has 1 saturated heterocycles. The molecule has 0 N–H and O–H groups in total. The Balaban J connectivity index is 1.97. The largest absolute Gasteiger partial charge is 0.416 e. The lowest BCUT2D eigenvalue weighted by Crippen LogP contribution is -2.26. The molecule has 0 aromatic heterocycles. The predicted molar refractivity (Wildman–Crippen MR) is 74.0 cm³/mol. The van der Waals surface area contributed by atoms with Crippen LogP contribution in [0.25, 0.3) is 6.08 Å². The number of hydrogen-bond donors (Lipinski definition) is 0. The Morgan fingerprint density at radius 1 is 1.33 bits per heavy atom. The second kappa shape index (κ2) is 6.04. The van der Waals surface area contributed by atoms with Gasteiger partial charge in [-0.05, 0) is 36.0 Å². The van der Waals surface area contributed by atoms with Crippen LogP contribution in [0.5, 0.6) is 0 Å².